The topological polar surface area (TPSA) is 54.4 Å². The lowest BCUT2D eigenvalue weighted by atomic mass is 10.2. The Morgan fingerprint density at radius 2 is 2.33 bits per heavy atom. The van der Waals surface area contributed by atoms with Crippen LogP contribution in [0.25, 0.3) is 0 Å². The Morgan fingerprint density at radius 3 is 3.00 bits per heavy atom. The van der Waals surface area contributed by atoms with Gasteiger partial charge in [-0.1, -0.05) is 6.07 Å². The van der Waals surface area contributed by atoms with Gasteiger partial charge in [-0.2, -0.15) is 0 Å². The Kier molecular flexibility index (Phi) is 5.11. The van der Waals surface area contributed by atoms with Crippen molar-refractivity contribution in [2.45, 2.75) is 31.9 Å². The van der Waals surface area contributed by atoms with E-state index in [4.69, 9.17) is 4.74 Å². The number of ether oxygens (including phenoxy) is 1. The molecule has 2 rings (SSSR count). The van der Waals surface area contributed by atoms with E-state index < -0.39 is 6.10 Å². The molecule has 1 heterocycles. The van der Waals surface area contributed by atoms with Crippen LogP contribution < -0.4 is 5.32 Å². The van der Waals surface area contributed by atoms with Crippen molar-refractivity contribution in [1.29, 1.82) is 0 Å². The fourth-order valence-electron chi connectivity index (χ4n) is 1.76. The number of aliphatic hydroxyl groups excluding tert-OH is 1. The molecule has 1 aliphatic rings. The Labute approximate surface area is 108 Å². The molecule has 0 aromatic carbocycles. The number of rotatable bonds is 8. The molecule has 2 N–H and O–H groups in total. The summed E-state index contributed by atoms with van der Waals surface area (Å²) in [4.78, 5) is 4.27. The first-order valence-electron chi connectivity index (χ1n) is 6.66. The van der Waals surface area contributed by atoms with Gasteiger partial charge in [-0.3, -0.25) is 4.98 Å². The summed E-state index contributed by atoms with van der Waals surface area (Å²) in [5.41, 5.74) is 0.989. The molecule has 0 bridgehead atoms. The number of aromatic nitrogens is 1. The molecular formula is C14H22N2O2. The average Bonchev–Trinajstić information content (AvgIpc) is 3.21. The van der Waals surface area contributed by atoms with E-state index in [1.165, 1.54) is 12.8 Å². The largest absolute Gasteiger partial charge is 0.389 e. The molecule has 0 aliphatic heterocycles. The lowest BCUT2D eigenvalue weighted by molar-refractivity contribution is 0.0314. The zero-order valence-corrected chi connectivity index (χ0v) is 10.9. The number of aliphatic hydroxyl groups is 1. The van der Waals surface area contributed by atoms with Crippen molar-refractivity contribution in [3.8, 4) is 0 Å². The Hall–Kier alpha value is -0.970. The molecule has 2 atom stereocenters. The van der Waals surface area contributed by atoms with Crippen LogP contribution in [0.4, 0.5) is 0 Å². The molecule has 0 amide bonds. The average molecular weight is 250 g/mol. The van der Waals surface area contributed by atoms with E-state index in [1.54, 1.807) is 6.20 Å². The van der Waals surface area contributed by atoms with Crippen molar-refractivity contribution in [2.24, 2.45) is 5.92 Å². The van der Waals surface area contributed by atoms with E-state index in [1.807, 2.05) is 25.1 Å². The van der Waals surface area contributed by atoms with Crippen molar-refractivity contribution < 1.29 is 9.84 Å². The van der Waals surface area contributed by atoms with Crippen LogP contribution in [0.2, 0.25) is 0 Å². The highest BCUT2D eigenvalue weighted by molar-refractivity contribution is 5.07. The highest BCUT2D eigenvalue weighted by Crippen LogP contribution is 2.28. The van der Waals surface area contributed by atoms with Gasteiger partial charge in [-0.05, 0) is 37.8 Å². The molecule has 4 nitrogen and oxygen atoms in total. The maximum Gasteiger partial charge on any atom is 0.0897 e. The predicted octanol–water partition coefficient (Wildman–Crippen LogP) is 1.52. The highest BCUT2D eigenvalue weighted by Gasteiger charge is 2.21. The van der Waals surface area contributed by atoms with Gasteiger partial charge in [0.15, 0.2) is 0 Å². The Morgan fingerprint density at radius 1 is 1.50 bits per heavy atom. The van der Waals surface area contributed by atoms with E-state index in [9.17, 15) is 5.11 Å². The third-order valence-electron chi connectivity index (χ3n) is 3.15. The van der Waals surface area contributed by atoms with E-state index in [2.05, 4.69) is 10.3 Å². The summed E-state index contributed by atoms with van der Waals surface area (Å²) < 4.78 is 5.45. The minimum Gasteiger partial charge on any atom is -0.389 e. The van der Waals surface area contributed by atoms with Crippen molar-refractivity contribution in [3.05, 3.63) is 30.1 Å². The number of nitrogens with zero attached hydrogens (tertiary/aromatic N) is 1. The summed E-state index contributed by atoms with van der Waals surface area (Å²) in [6, 6.07) is 5.99. The zero-order chi connectivity index (χ0) is 12.8. The molecule has 0 saturated heterocycles. The van der Waals surface area contributed by atoms with Gasteiger partial charge < -0.3 is 15.2 Å². The van der Waals surface area contributed by atoms with Crippen molar-refractivity contribution in [3.63, 3.8) is 0 Å². The molecular weight excluding hydrogens is 228 g/mol. The van der Waals surface area contributed by atoms with Crippen LogP contribution >= 0.6 is 0 Å². The first-order valence-corrected chi connectivity index (χ1v) is 6.66. The molecule has 100 valence electrons. The van der Waals surface area contributed by atoms with Gasteiger partial charge in [0.1, 0.15) is 0 Å². The number of hydrogen-bond acceptors (Lipinski definition) is 4. The summed E-state index contributed by atoms with van der Waals surface area (Å²) >= 11 is 0. The third kappa shape index (κ3) is 4.72. The van der Waals surface area contributed by atoms with Crippen LogP contribution in [0, 0.1) is 5.92 Å². The highest BCUT2D eigenvalue weighted by atomic mass is 16.5. The summed E-state index contributed by atoms with van der Waals surface area (Å²) in [6.45, 7) is 3.79. The first kappa shape index (κ1) is 13.5. The van der Waals surface area contributed by atoms with E-state index in [0.29, 0.717) is 13.2 Å². The fourth-order valence-corrected chi connectivity index (χ4v) is 1.76. The summed E-state index contributed by atoms with van der Waals surface area (Å²) in [5.74, 6) is 0.748. The van der Waals surface area contributed by atoms with E-state index in [-0.39, 0.29) is 6.04 Å². The molecule has 1 aromatic rings. The minimum absolute atomic E-state index is 0.143. The molecule has 4 heteroatoms. The Balaban J connectivity index is 1.60. The third-order valence-corrected chi connectivity index (χ3v) is 3.15. The monoisotopic (exact) mass is 250 g/mol. The molecule has 0 spiro atoms. The lowest BCUT2D eigenvalue weighted by Gasteiger charge is -2.16. The summed E-state index contributed by atoms with van der Waals surface area (Å²) in [5, 5.41) is 13.0. The summed E-state index contributed by atoms with van der Waals surface area (Å²) in [7, 11) is 0. The fraction of sp³-hybridized carbons (Fsp3) is 0.643. The van der Waals surface area contributed by atoms with Crippen LogP contribution in [0.15, 0.2) is 24.4 Å². The Bertz CT molecular complexity index is 341. The van der Waals surface area contributed by atoms with Gasteiger partial charge >= 0.3 is 0 Å². The quantitative estimate of drug-likeness (QED) is 0.734. The van der Waals surface area contributed by atoms with Crippen LogP contribution in [0.3, 0.4) is 0 Å². The second kappa shape index (κ2) is 6.83. The normalized spacial score (nSPS) is 18.6. The standard InChI is InChI=1S/C14H22N2O2/c1-11(14-4-2-3-7-15-14)16-8-13(17)10-18-9-12-5-6-12/h2-4,7,11-13,16-17H,5-6,8-10H2,1H3. The molecule has 0 radical (unpaired) electrons. The van der Waals surface area contributed by atoms with Gasteiger partial charge in [0.05, 0.1) is 18.4 Å². The van der Waals surface area contributed by atoms with Crippen LogP contribution in [0.1, 0.15) is 31.5 Å². The second-order valence-electron chi connectivity index (χ2n) is 5.02. The van der Waals surface area contributed by atoms with Gasteiger partial charge in [0, 0.05) is 25.4 Å². The smallest absolute Gasteiger partial charge is 0.0897 e. The SMILES string of the molecule is CC(NCC(O)COCC1CC1)c1ccccn1. The lowest BCUT2D eigenvalue weighted by Crippen LogP contribution is -2.32. The van der Waals surface area contributed by atoms with E-state index in [0.717, 1.165) is 18.2 Å². The van der Waals surface area contributed by atoms with Crippen molar-refractivity contribution in [1.82, 2.24) is 10.3 Å². The van der Waals surface area contributed by atoms with Crippen LogP contribution in [-0.4, -0.2) is 36.0 Å². The zero-order valence-electron chi connectivity index (χ0n) is 10.9. The second-order valence-corrected chi connectivity index (χ2v) is 5.02. The molecule has 1 saturated carbocycles. The maximum absolute atomic E-state index is 9.77. The maximum atomic E-state index is 9.77. The van der Waals surface area contributed by atoms with Crippen LogP contribution in [0.5, 0.6) is 0 Å². The molecule has 1 aromatic heterocycles. The van der Waals surface area contributed by atoms with E-state index >= 15 is 0 Å². The van der Waals surface area contributed by atoms with Crippen molar-refractivity contribution in [2.75, 3.05) is 19.8 Å². The molecule has 1 aliphatic carbocycles. The first-order chi connectivity index (χ1) is 8.75. The molecule has 2 unspecified atom stereocenters. The van der Waals surface area contributed by atoms with Crippen LogP contribution in [-0.2, 0) is 4.74 Å². The number of hydrogen-bond donors (Lipinski definition) is 2. The number of pyridine rings is 1. The van der Waals surface area contributed by atoms with Gasteiger partial charge in [0.2, 0.25) is 0 Å². The number of nitrogens with one attached hydrogen (secondary N) is 1. The summed E-state index contributed by atoms with van der Waals surface area (Å²) in [6.07, 6.45) is 3.90. The predicted molar refractivity (Wildman–Crippen MR) is 70.2 cm³/mol. The van der Waals surface area contributed by atoms with Crippen molar-refractivity contribution >= 4 is 0 Å². The van der Waals surface area contributed by atoms with Gasteiger partial charge in [-0.25, -0.2) is 0 Å². The molecule has 18 heavy (non-hydrogen) atoms. The van der Waals surface area contributed by atoms with Gasteiger partial charge in [-0.15, -0.1) is 0 Å². The van der Waals surface area contributed by atoms with Gasteiger partial charge in [0.25, 0.3) is 0 Å². The molecule has 1 fully saturated rings. The minimum atomic E-state index is -0.449.